The highest BCUT2D eigenvalue weighted by molar-refractivity contribution is 7.10. The van der Waals surface area contributed by atoms with E-state index in [1.807, 2.05) is 11.4 Å². The Balaban J connectivity index is 1.91. The molecule has 0 aromatic carbocycles. The molecule has 3 nitrogen and oxygen atoms in total. The summed E-state index contributed by atoms with van der Waals surface area (Å²) in [5.41, 5.74) is 6.13. The number of thiophene rings is 1. The molecule has 0 saturated heterocycles. The van der Waals surface area contributed by atoms with Crippen LogP contribution in [-0.4, -0.2) is 11.4 Å². The summed E-state index contributed by atoms with van der Waals surface area (Å²) < 4.78 is 0. The molecule has 0 unspecified atom stereocenters. The molecule has 1 amide bonds. The zero-order valence-corrected chi connectivity index (χ0v) is 10.4. The SMILES string of the molecule is CC1(NCc2cc(C(N)=O)cs2)CCCC1. The van der Waals surface area contributed by atoms with Crippen molar-refractivity contribution < 1.29 is 4.79 Å². The largest absolute Gasteiger partial charge is 0.366 e. The van der Waals surface area contributed by atoms with Crippen molar-refractivity contribution in [3.63, 3.8) is 0 Å². The Bertz CT molecular complexity index is 380. The third-order valence-electron chi connectivity index (χ3n) is 3.33. The van der Waals surface area contributed by atoms with E-state index >= 15 is 0 Å². The molecule has 0 bridgehead atoms. The summed E-state index contributed by atoms with van der Waals surface area (Å²) in [7, 11) is 0. The molecule has 4 heteroatoms. The first-order valence-corrected chi connectivity index (χ1v) is 6.59. The maximum atomic E-state index is 10.9. The molecule has 1 fully saturated rings. The zero-order valence-electron chi connectivity index (χ0n) is 9.58. The second kappa shape index (κ2) is 4.55. The van der Waals surface area contributed by atoms with Gasteiger partial charge in [-0.2, -0.15) is 0 Å². The topological polar surface area (TPSA) is 55.1 Å². The molecule has 1 aromatic rings. The van der Waals surface area contributed by atoms with Gasteiger partial charge in [0.2, 0.25) is 5.91 Å². The molecule has 88 valence electrons. The van der Waals surface area contributed by atoms with Crippen LogP contribution >= 0.6 is 11.3 Å². The van der Waals surface area contributed by atoms with Gasteiger partial charge in [0.25, 0.3) is 0 Å². The van der Waals surface area contributed by atoms with Crippen molar-refractivity contribution in [2.75, 3.05) is 0 Å². The number of carbonyl (C=O) groups excluding carboxylic acids is 1. The minimum atomic E-state index is -0.338. The van der Waals surface area contributed by atoms with Crippen LogP contribution in [0.5, 0.6) is 0 Å². The molecule has 1 aliphatic carbocycles. The predicted molar refractivity (Wildman–Crippen MR) is 66.5 cm³/mol. The van der Waals surface area contributed by atoms with Crippen LogP contribution in [-0.2, 0) is 6.54 Å². The third kappa shape index (κ3) is 2.62. The lowest BCUT2D eigenvalue weighted by atomic mass is 10.0. The summed E-state index contributed by atoms with van der Waals surface area (Å²) in [5.74, 6) is -0.338. The molecule has 1 heterocycles. The highest BCUT2D eigenvalue weighted by atomic mass is 32.1. The Morgan fingerprint density at radius 1 is 1.56 bits per heavy atom. The van der Waals surface area contributed by atoms with Crippen LogP contribution in [0.1, 0.15) is 47.8 Å². The molecule has 1 aromatic heterocycles. The summed E-state index contributed by atoms with van der Waals surface area (Å²) in [4.78, 5) is 12.1. The van der Waals surface area contributed by atoms with Crippen molar-refractivity contribution >= 4 is 17.2 Å². The Morgan fingerprint density at radius 3 is 2.81 bits per heavy atom. The van der Waals surface area contributed by atoms with Gasteiger partial charge < -0.3 is 11.1 Å². The molecular weight excluding hydrogens is 220 g/mol. The zero-order chi connectivity index (χ0) is 11.6. The molecular formula is C12H18N2OS. The number of amides is 1. The average molecular weight is 238 g/mol. The van der Waals surface area contributed by atoms with Gasteiger partial charge in [-0.15, -0.1) is 11.3 Å². The number of hydrogen-bond acceptors (Lipinski definition) is 3. The van der Waals surface area contributed by atoms with E-state index in [0.717, 1.165) is 6.54 Å². The summed E-state index contributed by atoms with van der Waals surface area (Å²) in [6.45, 7) is 3.12. The van der Waals surface area contributed by atoms with Crippen LogP contribution in [0.15, 0.2) is 11.4 Å². The summed E-state index contributed by atoms with van der Waals surface area (Å²) in [6, 6.07) is 1.89. The fourth-order valence-corrected chi connectivity index (χ4v) is 3.05. The van der Waals surface area contributed by atoms with Gasteiger partial charge in [0.15, 0.2) is 0 Å². The van der Waals surface area contributed by atoms with Gasteiger partial charge in [0.05, 0.1) is 5.56 Å². The van der Waals surface area contributed by atoms with Crippen LogP contribution in [0.3, 0.4) is 0 Å². The predicted octanol–water partition coefficient (Wildman–Crippen LogP) is 2.27. The summed E-state index contributed by atoms with van der Waals surface area (Å²) in [5, 5.41) is 5.41. The minimum Gasteiger partial charge on any atom is -0.366 e. The first kappa shape index (κ1) is 11.6. The normalized spacial score (nSPS) is 18.8. The van der Waals surface area contributed by atoms with Crippen molar-refractivity contribution in [2.24, 2.45) is 5.73 Å². The van der Waals surface area contributed by atoms with Crippen LogP contribution in [0.25, 0.3) is 0 Å². The van der Waals surface area contributed by atoms with Gasteiger partial charge in [0, 0.05) is 22.3 Å². The van der Waals surface area contributed by atoms with Crippen molar-refractivity contribution in [3.05, 3.63) is 21.9 Å². The van der Waals surface area contributed by atoms with Gasteiger partial charge in [-0.25, -0.2) is 0 Å². The third-order valence-corrected chi connectivity index (χ3v) is 4.27. The van der Waals surface area contributed by atoms with Gasteiger partial charge >= 0.3 is 0 Å². The molecule has 3 N–H and O–H groups in total. The fraction of sp³-hybridized carbons (Fsp3) is 0.583. The van der Waals surface area contributed by atoms with E-state index in [0.29, 0.717) is 5.56 Å². The standard InChI is InChI=1S/C12H18N2OS/c1-12(4-2-3-5-12)14-7-10-6-9(8-16-10)11(13)15/h6,8,14H,2-5,7H2,1H3,(H2,13,15). The fourth-order valence-electron chi connectivity index (χ4n) is 2.24. The van der Waals surface area contributed by atoms with Crippen LogP contribution in [0, 0.1) is 0 Å². The van der Waals surface area contributed by atoms with Gasteiger partial charge in [0.1, 0.15) is 0 Å². The van der Waals surface area contributed by atoms with Crippen molar-refractivity contribution in [1.82, 2.24) is 5.32 Å². The highest BCUT2D eigenvalue weighted by Crippen LogP contribution is 2.29. The van der Waals surface area contributed by atoms with Crippen molar-refractivity contribution in [1.29, 1.82) is 0 Å². The van der Waals surface area contributed by atoms with E-state index in [1.165, 1.54) is 30.6 Å². The molecule has 16 heavy (non-hydrogen) atoms. The van der Waals surface area contributed by atoms with E-state index in [4.69, 9.17) is 5.73 Å². The first-order valence-electron chi connectivity index (χ1n) is 5.71. The Labute approximate surface area is 100 Å². The van der Waals surface area contributed by atoms with Crippen LogP contribution in [0.4, 0.5) is 0 Å². The average Bonchev–Trinajstić information content (AvgIpc) is 2.84. The molecule has 0 radical (unpaired) electrons. The second-order valence-corrected chi connectivity index (χ2v) is 5.78. The Morgan fingerprint density at radius 2 is 2.25 bits per heavy atom. The molecule has 0 aliphatic heterocycles. The van der Waals surface area contributed by atoms with Gasteiger partial charge in [-0.3, -0.25) is 4.79 Å². The maximum absolute atomic E-state index is 10.9. The monoisotopic (exact) mass is 238 g/mol. The number of carbonyl (C=O) groups is 1. The van der Waals surface area contributed by atoms with Gasteiger partial charge in [-0.05, 0) is 25.8 Å². The lowest BCUT2D eigenvalue weighted by molar-refractivity contribution is 0.100. The number of primary amides is 1. The Kier molecular flexibility index (Phi) is 3.30. The molecule has 2 rings (SSSR count). The molecule has 0 spiro atoms. The summed E-state index contributed by atoms with van der Waals surface area (Å²) in [6.07, 6.45) is 5.14. The number of rotatable bonds is 4. The van der Waals surface area contributed by atoms with Crippen LogP contribution in [0.2, 0.25) is 0 Å². The Hall–Kier alpha value is -0.870. The van der Waals surface area contributed by atoms with Gasteiger partial charge in [-0.1, -0.05) is 12.8 Å². The van der Waals surface area contributed by atoms with Crippen LogP contribution < -0.4 is 11.1 Å². The second-order valence-electron chi connectivity index (χ2n) is 4.79. The highest BCUT2D eigenvalue weighted by Gasteiger charge is 2.27. The lowest BCUT2D eigenvalue weighted by Gasteiger charge is -2.24. The maximum Gasteiger partial charge on any atom is 0.249 e. The summed E-state index contributed by atoms with van der Waals surface area (Å²) >= 11 is 1.60. The number of nitrogens with one attached hydrogen (secondary N) is 1. The minimum absolute atomic E-state index is 0.289. The smallest absolute Gasteiger partial charge is 0.249 e. The molecule has 1 aliphatic rings. The quantitative estimate of drug-likeness (QED) is 0.845. The van der Waals surface area contributed by atoms with E-state index in [2.05, 4.69) is 12.2 Å². The lowest BCUT2D eigenvalue weighted by Crippen LogP contribution is -2.38. The van der Waals surface area contributed by atoms with E-state index in [1.54, 1.807) is 11.3 Å². The molecule has 0 atom stereocenters. The van der Waals surface area contributed by atoms with E-state index in [9.17, 15) is 4.79 Å². The number of nitrogens with two attached hydrogens (primary N) is 1. The van der Waals surface area contributed by atoms with E-state index in [-0.39, 0.29) is 11.4 Å². The van der Waals surface area contributed by atoms with Crippen molar-refractivity contribution in [2.45, 2.75) is 44.7 Å². The number of hydrogen-bond donors (Lipinski definition) is 2. The first-order chi connectivity index (χ1) is 7.59. The van der Waals surface area contributed by atoms with E-state index < -0.39 is 0 Å². The molecule has 1 saturated carbocycles. The van der Waals surface area contributed by atoms with Crippen molar-refractivity contribution in [3.8, 4) is 0 Å².